The molecule has 5 heteroatoms. The molecule has 19 heavy (non-hydrogen) atoms. The third-order valence-corrected chi connectivity index (χ3v) is 4.22. The van der Waals surface area contributed by atoms with E-state index in [1.165, 1.54) is 5.56 Å². The van der Waals surface area contributed by atoms with E-state index < -0.39 is 0 Å². The van der Waals surface area contributed by atoms with Crippen LogP contribution in [0.25, 0.3) is 0 Å². The Balaban J connectivity index is 2.19. The second-order valence-corrected chi connectivity index (χ2v) is 6.30. The molecule has 0 aliphatic heterocycles. The van der Waals surface area contributed by atoms with Crippen LogP contribution in [0.3, 0.4) is 0 Å². The topological polar surface area (TPSA) is 12.0 Å². The first-order valence-corrected chi connectivity index (χ1v) is 7.53. The average Bonchev–Trinajstić information content (AvgIpc) is 2.30. The van der Waals surface area contributed by atoms with Gasteiger partial charge in [-0.25, -0.2) is 0 Å². The van der Waals surface area contributed by atoms with E-state index in [0.29, 0.717) is 27.3 Å². The normalized spacial score (nSPS) is 10.6. The fourth-order valence-corrected chi connectivity index (χ4v) is 3.27. The van der Waals surface area contributed by atoms with Gasteiger partial charge < -0.3 is 5.32 Å². The van der Waals surface area contributed by atoms with Crippen molar-refractivity contribution in [1.29, 1.82) is 0 Å². The highest BCUT2D eigenvalue weighted by atomic mass is 79.9. The van der Waals surface area contributed by atoms with Gasteiger partial charge in [-0.2, -0.15) is 0 Å². The molecular weight excluding hydrogens is 368 g/mol. The minimum atomic E-state index is 0.515. The Morgan fingerprint density at radius 1 is 1.05 bits per heavy atom. The quantitative estimate of drug-likeness (QED) is 0.657. The van der Waals surface area contributed by atoms with Crippen molar-refractivity contribution >= 4 is 56.4 Å². The molecule has 1 nitrogen and oxygen atoms in total. The van der Waals surface area contributed by atoms with E-state index in [1.54, 1.807) is 12.1 Å². The molecule has 0 amide bonds. The SMILES string of the molecule is Cc1ccc(CNc2c(Cl)cc(Cl)cc2Cl)c(Br)c1. The predicted octanol–water partition coefficient (Wildman–Crippen LogP) is 6.33. The summed E-state index contributed by atoms with van der Waals surface area (Å²) in [6, 6.07) is 9.53. The maximum atomic E-state index is 6.12. The molecule has 0 aliphatic carbocycles. The molecule has 1 N–H and O–H groups in total. The number of hydrogen-bond acceptors (Lipinski definition) is 1. The van der Waals surface area contributed by atoms with E-state index in [1.807, 2.05) is 0 Å². The summed E-state index contributed by atoms with van der Waals surface area (Å²) < 4.78 is 1.06. The van der Waals surface area contributed by atoms with Crippen LogP contribution in [-0.2, 0) is 6.54 Å². The molecular formula is C14H11BrCl3N. The molecule has 0 aliphatic rings. The first-order chi connectivity index (χ1) is 8.97. The molecule has 0 radical (unpaired) electrons. The van der Waals surface area contributed by atoms with Crippen LogP contribution in [0.2, 0.25) is 15.1 Å². The zero-order chi connectivity index (χ0) is 14.0. The van der Waals surface area contributed by atoms with Gasteiger partial charge in [-0.15, -0.1) is 0 Å². The lowest BCUT2D eigenvalue weighted by Gasteiger charge is -2.12. The van der Waals surface area contributed by atoms with E-state index >= 15 is 0 Å². The molecule has 0 saturated heterocycles. The summed E-state index contributed by atoms with van der Waals surface area (Å²) in [6.45, 7) is 2.68. The molecule has 0 heterocycles. The lowest BCUT2D eigenvalue weighted by Crippen LogP contribution is -2.01. The molecule has 0 bridgehead atoms. The Hall–Kier alpha value is -0.410. The lowest BCUT2D eigenvalue weighted by molar-refractivity contribution is 1.13. The average molecular weight is 380 g/mol. The summed E-state index contributed by atoms with van der Waals surface area (Å²) in [5.74, 6) is 0. The zero-order valence-electron chi connectivity index (χ0n) is 10.1. The van der Waals surface area contributed by atoms with Crippen molar-refractivity contribution in [3.63, 3.8) is 0 Å². The minimum Gasteiger partial charge on any atom is -0.379 e. The van der Waals surface area contributed by atoms with Crippen molar-refractivity contribution in [3.8, 4) is 0 Å². The molecule has 2 rings (SSSR count). The van der Waals surface area contributed by atoms with Crippen LogP contribution in [0.5, 0.6) is 0 Å². The van der Waals surface area contributed by atoms with Crippen molar-refractivity contribution in [2.45, 2.75) is 13.5 Å². The Bertz CT molecular complexity index is 591. The van der Waals surface area contributed by atoms with Crippen molar-refractivity contribution in [1.82, 2.24) is 0 Å². The van der Waals surface area contributed by atoms with Gasteiger partial charge >= 0.3 is 0 Å². The van der Waals surface area contributed by atoms with Crippen LogP contribution in [0.4, 0.5) is 5.69 Å². The molecule has 0 saturated carbocycles. The van der Waals surface area contributed by atoms with Gasteiger partial charge in [-0.1, -0.05) is 62.9 Å². The van der Waals surface area contributed by atoms with E-state index in [9.17, 15) is 0 Å². The predicted molar refractivity (Wildman–Crippen MR) is 87.7 cm³/mol. The number of benzene rings is 2. The van der Waals surface area contributed by atoms with Gasteiger partial charge in [0.2, 0.25) is 0 Å². The largest absolute Gasteiger partial charge is 0.379 e. The number of anilines is 1. The molecule has 0 atom stereocenters. The highest BCUT2D eigenvalue weighted by molar-refractivity contribution is 9.10. The van der Waals surface area contributed by atoms with Gasteiger partial charge in [-0.05, 0) is 36.2 Å². The molecule has 0 fully saturated rings. The third kappa shape index (κ3) is 3.79. The van der Waals surface area contributed by atoms with Crippen LogP contribution < -0.4 is 5.32 Å². The third-order valence-electron chi connectivity index (χ3n) is 2.67. The Morgan fingerprint density at radius 3 is 2.26 bits per heavy atom. The second-order valence-electron chi connectivity index (χ2n) is 4.19. The van der Waals surface area contributed by atoms with Crippen LogP contribution in [0.15, 0.2) is 34.8 Å². The number of halogens is 4. The van der Waals surface area contributed by atoms with Gasteiger partial charge in [0, 0.05) is 16.0 Å². The fraction of sp³-hybridized carbons (Fsp3) is 0.143. The molecule has 0 aromatic heterocycles. The monoisotopic (exact) mass is 377 g/mol. The minimum absolute atomic E-state index is 0.515. The van der Waals surface area contributed by atoms with Gasteiger partial charge in [-0.3, -0.25) is 0 Å². The Kier molecular flexibility index (Phi) is 5.02. The summed E-state index contributed by atoms with van der Waals surface area (Å²) in [7, 11) is 0. The number of hydrogen-bond donors (Lipinski definition) is 1. The zero-order valence-corrected chi connectivity index (χ0v) is 14.0. The smallest absolute Gasteiger partial charge is 0.0722 e. The standard InChI is InChI=1S/C14H11BrCl3N/c1-8-2-3-9(11(15)4-8)7-19-14-12(17)5-10(16)6-13(14)18/h2-6,19H,7H2,1H3. The van der Waals surface area contributed by atoms with Crippen molar-refractivity contribution in [3.05, 3.63) is 61.0 Å². The van der Waals surface area contributed by atoms with Gasteiger partial charge in [0.25, 0.3) is 0 Å². The highest BCUT2D eigenvalue weighted by Gasteiger charge is 2.08. The molecule has 2 aromatic rings. The molecule has 0 unspecified atom stereocenters. The number of rotatable bonds is 3. The van der Waals surface area contributed by atoms with Crippen molar-refractivity contribution in [2.24, 2.45) is 0 Å². The first kappa shape index (κ1) is 15.0. The van der Waals surface area contributed by atoms with Crippen molar-refractivity contribution in [2.75, 3.05) is 5.32 Å². The lowest BCUT2D eigenvalue weighted by atomic mass is 10.1. The van der Waals surface area contributed by atoms with E-state index in [-0.39, 0.29) is 0 Å². The van der Waals surface area contributed by atoms with Gasteiger partial charge in [0.1, 0.15) is 0 Å². The summed E-state index contributed by atoms with van der Waals surface area (Å²) >= 11 is 21.7. The molecule has 0 spiro atoms. The van der Waals surface area contributed by atoms with E-state index in [2.05, 4.69) is 46.4 Å². The van der Waals surface area contributed by atoms with E-state index in [4.69, 9.17) is 34.8 Å². The van der Waals surface area contributed by atoms with Crippen LogP contribution in [0.1, 0.15) is 11.1 Å². The fourth-order valence-electron chi connectivity index (χ4n) is 1.69. The van der Waals surface area contributed by atoms with Crippen LogP contribution in [-0.4, -0.2) is 0 Å². The van der Waals surface area contributed by atoms with Crippen LogP contribution >= 0.6 is 50.7 Å². The van der Waals surface area contributed by atoms with E-state index in [0.717, 1.165) is 10.0 Å². The van der Waals surface area contributed by atoms with Crippen molar-refractivity contribution < 1.29 is 0 Å². The summed E-state index contributed by atoms with van der Waals surface area (Å²) in [6.07, 6.45) is 0. The Labute approximate surface area is 136 Å². The maximum Gasteiger partial charge on any atom is 0.0722 e. The second kappa shape index (κ2) is 6.36. The number of nitrogens with one attached hydrogen (secondary N) is 1. The number of aryl methyl sites for hydroxylation is 1. The highest BCUT2D eigenvalue weighted by Crippen LogP contribution is 2.34. The van der Waals surface area contributed by atoms with Gasteiger partial charge in [0.05, 0.1) is 15.7 Å². The maximum absolute atomic E-state index is 6.12. The molecule has 2 aromatic carbocycles. The van der Waals surface area contributed by atoms with Crippen LogP contribution in [0, 0.1) is 6.92 Å². The summed E-state index contributed by atoms with van der Waals surface area (Å²) in [5, 5.41) is 4.79. The first-order valence-electron chi connectivity index (χ1n) is 5.61. The summed E-state index contributed by atoms with van der Waals surface area (Å²) in [4.78, 5) is 0. The Morgan fingerprint density at radius 2 is 1.68 bits per heavy atom. The molecule has 100 valence electrons. The summed E-state index contributed by atoms with van der Waals surface area (Å²) in [5.41, 5.74) is 3.03. The van der Waals surface area contributed by atoms with Gasteiger partial charge in [0.15, 0.2) is 0 Å².